The summed E-state index contributed by atoms with van der Waals surface area (Å²) in [4.78, 5) is 26.6. The Labute approximate surface area is 178 Å². The first-order valence-electron chi connectivity index (χ1n) is 9.56. The number of rotatable bonds is 4. The van der Waals surface area contributed by atoms with Gasteiger partial charge in [-0.3, -0.25) is 9.59 Å². The lowest BCUT2D eigenvalue weighted by Crippen LogP contribution is -2.36. The zero-order valence-electron chi connectivity index (χ0n) is 16.6. The van der Waals surface area contributed by atoms with Gasteiger partial charge in [-0.15, -0.1) is 9.89 Å². The fourth-order valence-electron chi connectivity index (χ4n) is 3.49. The third-order valence-electron chi connectivity index (χ3n) is 4.95. The predicted molar refractivity (Wildman–Crippen MR) is 120 cm³/mol. The molecule has 0 aliphatic rings. The molecule has 0 saturated carbocycles. The molecule has 1 N–H and O–H groups in total. The number of amides is 1. The van der Waals surface area contributed by atoms with Crippen molar-refractivity contribution in [1.82, 2.24) is 9.89 Å². The van der Waals surface area contributed by atoms with Crippen LogP contribution in [0, 0.1) is 13.8 Å². The van der Waals surface area contributed by atoms with Gasteiger partial charge in [-0.05, 0) is 43.2 Å². The van der Waals surface area contributed by atoms with Crippen LogP contribution in [-0.2, 0) is 11.2 Å². The molecule has 150 valence electrons. The summed E-state index contributed by atoms with van der Waals surface area (Å²) in [5, 5.41) is 6.35. The maximum Gasteiger partial charge on any atom is 0.294 e. The van der Waals surface area contributed by atoms with Gasteiger partial charge in [0.2, 0.25) is 5.91 Å². The van der Waals surface area contributed by atoms with E-state index in [1.54, 1.807) is 36.4 Å². The van der Waals surface area contributed by atoms with E-state index >= 15 is 0 Å². The van der Waals surface area contributed by atoms with Crippen molar-refractivity contribution in [2.45, 2.75) is 20.3 Å². The Morgan fingerprint density at radius 1 is 1.00 bits per heavy atom. The Kier molecular flexibility index (Phi) is 5.38. The van der Waals surface area contributed by atoms with E-state index in [-0.39, 0.29) is 17.9 Å². The first kappa shape index (κ1) is 19.9. The number of carbonyl (C=O) groups excluding carboxylic acids is 1. The molecule has 1 aromatic heterocycles. The third kappa shape index (κ3) is 3.98. The lowest BCUT2D eigenvalue weighted by atomic mass is 9.99. The standard InChI is InChI=1S/C24H20ClN3O2/c1-15-7-12-19(16(2)13-15)23-20-5-3-4-6-21(20)24(30)28(27-23)26-22(29)14-17-8-10-18(25)11-9-17/h3-13H,14H2,1-2H3,(H,26,29). The van der Waals surface area contributed by atoms with Crippen LogP contribution in [0.2, 0.25) is 5.02 Å². The SMILES string of the molecule is Cc1ccc(-c2nn(NC(=O)Cc3ccc(Cl)cc3)c(=O)c3ccccc23)c(C)c1. The number of carbonyl (C=O) groups is 1. The van der Waals surface area contributed by atoms with Crippen LogP contribution < -0.4 is 11.0 Å². The average Bonchev–Trinajstić information content (AvgIpc) is 2.72. The highest BCUT2D eigenvalue weighted by molar-refractivity contribution is 6.30. The molecule has 6 heteroatoms. The van der Waals surface area contributed by atoms with E-state index in [1.807, 2.05) is 38.1 Å². The van der Waals surface area contributed by atoms with Crippen molar-refractivity contribution in [2.75, 3.05) is 5.43 Å². The Bertz CT molecular complexity index is 1310. The van der Waals surface area contributed by atoms with E-state index in [1.165, 1.54) is 0 Å². The summed E-state index contributed by atoms with van der Waals surface area (Å²) in [6.45, 7) is 4.04. The molecule has 3 aromatic carbocycles. The molecule has 30 heavy (non-hydrogen) atoms. The van der Waals surface area contributed by atoms with Crippen LogP contribution in [0.1, 0.15) is 16.7 Å². The monoisotopic (exact) mass is 417 g/mol. The Hall–Kier alpha value is -3.44. The molecule has 0 unspecified atom stereocenters. The topological polar surface area (TPSA) is 64.0 Å². The van der Waals surface area contributed by atoms with Gasteiger partial charge in [-0.2, -0.15) is 0 Å². The minimum atomic E-state index is -0.372. The summed E-state index contributed by atoms with van der Waals surface area (Å²) < 4.78 is 0. The van der Waals surface area contributed by atoms with Crippen LogP contribution in [0.5, 0.6) is 0 Å². The molecule has 0 spiro atoms. The number of nitrogens with one attached hydrogen (secondary N) is 1. The van der Waals surface area contributed by atoms with Gasteiger partial charge in [0, 0.05) is 16.0 Å². The van der Waals surface area contributed by atoms with Crippen molar-refractivity contribution in [3.05, 3.63) is 98.8 Å². The fourth-order valence-corrected chi connectivity index (χ4v) is 3.61. The van der Waals surface area contributed by atoms with E-state index in [4.69, 9.17) is 11.6 Å². The number of aryl methyl sites for hydroxylation is 2. The molecule has 1 heterocycles. The summed E-state index contributed by atoms with van der Waals surface area (Å²) in [5.74, 6) is -0.339. The third-order valence-corrected chi connectivity index (χ3v) is 5.20. The Balaban J connectivity index is 1.76. The summed E-state index contributed by atoms with van der Waals surface area (Å²) >= 11 is 5.90. The van der Waals surface area contributed by atoms with Crippen LogP contribution in [0.15, 0.2) is 71.5 Å². The van der Waals surface area contributed by atoms with E-state index in [2.05, 4.69) is 16.6 Å². The van der Waals surface area contributed by atoms with Gasteiger partial charge in [0.25, 0.3) is 5.56 Å². The predicted octanol–water partition coefficient (Wildman–Crippen LogP) is 4.65. The smallest absolute Gasteiger partial charge is 0.273 e. The fraction of sp³-hybridized carbons (Fsp3) is 0.125. The zero-order chi connectivity index (χ0) is 21.3. The molecule has 0 aliphatic carbocycles. The molecule has 5 nitrogen and oxygen atoms in total. The second kappa shape index (κ2) is 8.13. The van der Waals surface area contributed by atoms with E-state index in [0.717, 1.165) is 32.4 Å². The highest BCUT2D eigenvalue weighted by Gasteiger charge is 2.15. The van der Waals surface area contributed by atoms with Crippen LogP contribution in [-0.4, -0.2) is 15.8 Å². The molecule has 4 rings (SSSR count). The quantitative estimate of drug-likeness (QED) is 0.525. The van der Waals surface area contributed by atoms with Crippen molar-refractivity contribution in [3.8, 4) is 11.3 Å². The highest BCUT2D eigenvalue weighted by Crippen LogP contribution is 2.27. The van der Waals surface area contributed by atoms with Gasteiger partial charge < -0.3 is 0 Å². The first-order chi connectivity index (χ1) is 14.4. The van der Waals surface area contributed by atoms with Crippen LogP contribution in [0.25, 0.3) is 22.0 Å². The average molecular weight is 418 g/mol. The lowest BCUT2D eigenvalue weighted by Gasteiger charge is -2.14. The number of fused-ring (bicyclic) bond motifs is 1. The number of aromatic nitrogens is 2. The highest BCUT2D eigenvalue weighted by atomic mass is 35.5. The lowest BCUT2D eigenvalue weighted by molar-refractivity contribution is -0.116. The number of nitrogens with zero attached hydrogens (tertiary/aromatic N) is 2. The molecule has 4 aromatic rings. The van der Waals surface area contributed by atoms with Gasteiger partial charge in [0.05, 0.1) is 11.8 Å². The molecule has 0 atom stereocenters. The molecule has 0 radical (unpaired) electrons. The summed E-state index contributed by atoms with van der Waals surface area (Å²) in [6, 6.07) is 20.4. The van der Waals surface area contributed by atoms with E-state index < -0.39 is 0 Å². The van der Waals surface area contributed by atoms with E-state index in [9.17, 15) is 9.59 Å². The molecule has 1 amide bonds. The van der Waals surface area contributed by atoms with Crippen molar-refractivity contribution in [1.29, 1.82) is 0 Å². The largest absolute Gasteiger partial charge is 0.294 e. The van der Waals surface area contributed by atoms with Crippen molar-refractivity contribution >= 4 is 28.3 Å². The van der Waals surface area contributed by atoms with Gasteiger partial charge in [0.1, 0.15) is 5.69 Å². The van der Waals surface area contributed by atoms with Gasteiger partial charge in [-0.25, -0.2) is 5.43 Å². The molecular formula is C24H20ClN3O2. The summed E-state index contributed by atoms with van der Waals surface area (Å²) in [6.07, 6.45) is 0.108. The first-order valence-corrected chi connectivity index (χ1v) is 9.94. The molecule has 0 fully saturated rings. The molecule has 0 aliphatic heterocycles. The second-order valence-electron chi connectivity index (χ2n) is 7.27. The van der Waals surface area contributed by atoms with Crippen LogP contribution in [0.4, 0.5) is 0 Å². The summed E-state index contributed by atoms with van der Waals surface area (Å²) in [5.41, 5.74) is 6.80. The summed E-state index contributed by atoms with van der Waals surface area (Å²) in [7, 11) is 0. The van der Waals surface area contributed by atoms with Crippen molar-refractivity contribution in [3.63, 3.8) is 0 Å². The van der Waals surface area contributed by atoms with Gasteiger partial charge in [0.15, 0.2) is 0 Å². The maximum absolute atomic E-state index is 13.0. The van der Waals surface area contributed by atoms with Crippen molar-refractivity contribution < 1.29 is 4.79 Å². The zero-order valence-corrected chi connectivity index (χ0v) is 17.4. The van der Waals surface area contributed by atoms with Gasteiger partial charge >= 0.3 is 0 Å². The van der Waals surface area contributed by atoms with Gasteiger partial charge in [-0.1, -0.05) is 65.7 Å². The molecule has 0 saturated heterocycles. The van der Waals surface area contributed by atoms with Crippen molar-refractivity contribution in [2.24, 2.45) is 0 Å². The minimum absolute atomic E-state index is 0.108. The molecule has 0 bridgehead atoms. The number of benzene rings is 3. The number of hydrogen-bond acceptors (Lipinski definition) is 3. The Morgan fingerprint density at radius 3 is 2.40 bits per heavy atom. The van der Waals surface area contributed by atoms with Crippen LogP contribution in [0.3, 0.4) is 0 Å². The number of halogens is 1. The second-order valence-corrected chi connectivity index (χ2v) is 7.70. The minimum Gasteiger partial charge on any atom is -0.273 e. The molecular weight excluding hydrogens is 398 g/mol. The van der Waals surface area contributed by atoms with E-state index in [0.29, 0.717) is 16.1 Å². The van der Waals surface area contributed by atoms with Crippen LogP contribution >= 0.6 is 11.6 Å². The maximum atomic E-state index is 13.0. The Morgan fingerprint density at radius 2 is 1.70 bits per heavy atom. The normalized spacial score (nSPS) is 10.9. The number of hydrogen-bond donors (Lipinski definition) is 1.